The van der Waals surface area contributed by atoms with E-state index in [0.717, 1.165) is 18.5 Å². The van der Waals surface area contributed by atoms with Crippen LogP contribution in [0.3, 0.4) is 0 Å². The monoisotopic (exact) mass is 293 g/mol. The molecule has 0 radical (unpaired) electrons. The van der Waals surface area contributed by atoms with E-state index in [0.29, 0.717) is 10.8 Å². The van der Waals surface area contributed by atoms with Crippen molar-refractivity contribution < 1.29 is 9.53 Å². The number of aromatic nitrogens is 1. The highest BCUT2D eigenvalue weighted by molar-refractivity contribution is 7.11. The molecule has 1 N–H and O–H groups in total. The smallest absolute Gasteiger partial charge is 0.264 e. The Balaban J connectivity index is 2.14. The summed E-state index contributed by atoms with van der Waals surface area (Å²) in [6.07, 6.45) is 4.58. The van der Waals surface area contributed by atoms with Crippen molar-refractivity contribution in [1.29, 1.82) is 5.26 Å². The first-order valence-corrected chi connectivity index (χ1v) is 7.63. The molecular weight excluding hydrogens is 274 g/mol. The molecule has 1 aromatic rings. The average molecular weight is 293 g/mol. The molecule has 1 atom stereocenters. The van der Waals surface area contributed by atoms with Crippen LogP contribution in [0.5, 0.6) is 0 Å². The Kier molecular flexibility index (Phi) is 4.73. The van der Waals surface area contributed by atoms with E-state index >= 15 is 0 Å². The Morgan fingerprint density at radius 2 is 2.35 bits per heavy atom. The highest BCUT2D eigenvalue weighted by atomic mass is 32.1. The molecule has 1 aliphatic rings. The summed E-state index contributed by atoms with van der Waals surface area (Å²) in [7, 11) is 1.51. The fourth-order valence-electron chi connectivity index (χ4n) is 2.61. The minimum Gasteiger partial charge on any atom is -0.381 e. The van der Waals surface area contributed by atoms with Crippen LogP contribution in [-0.4, -0.2) is 30.1 Å². The third-order valence-corrected chi connectivity index (χ3v) is 4.45. The van der Waals surface area contributed by atoms with E-state index in [9.17, 15) is 10.1 Å². The molecule has 20 heavy (non-hydrogen) atoms. The van der Waals surface area contributed by atoms with Crippen molar-refractivity contribution in [3.05, 3.63) is 16.1 Å². The van der Waals surface area contributed by atoms with Crippen LogP contribution in [0.4, 0.5) is 0 Å². The molecule has 1 saturated carbocycles. The lowest BCUT2D eigenvalue weighted by molar-refractivity contribution is 0.0862. The second kappa shape index (κ2) is 6.33. The van der Waals surface area contributed by atoms with Crippen LogP contribution in [0.15, 0.2) is 5.51 Å². The summed E-state index contributed by atoms with van der Waals surface area (Å²) in [6.45, 7) is 1.82. The molecule has 0 saturated heterocycles. The number of thiazole rings is 1. The zero-order valence-corrected chi connectivity index (χ0v) is 12.6. The van der Waals surface area contributed by atoms with Crippen LogP contribution in [0.1, 0.15) is 53.9 Å². The maximum atomic E-state index is 12.4. The lowest BCUT2D eigenvalue weighted by Gasteiger charge is -2.22. The van der Waals surface area contributed by atoms with E-state index in [-0.39, 0.29) is 12.5 Å². The summed E-state index contributed by atoms with van der Waals surface area (Å²) in [5, 5.41) is 11.9. The summed E-state index contributed by atoms with van der Waals surface area (Å²) >= 11 is 1.34. The summed E-state index contributed by atoms with van der Waals surface area (Å²) in [5.41, 5.74) is 1.59. The number of ether oxygens (including phenoxy) is 1. The Hall–Kier alpha value is -1.45. The topological polar surface area (TPSA) is 75.0 Å². The molecule has 5 nitrogen and oxygen atoms in total. The fourth-order valence-corrected chi connectivity index (χ4v) is 3.38. The van der Waals surface area contributed by atoms with Crippen molar-refractivity contribution in [2.24, 2.45) is 0 Å². The molecule has 6 heteroatoms. The third kappa shape index (κ3) is 3.17. The van der Waals surface area contributed by atoms with Gasteiger partial charge in [-0.25, -0.2) is 4.98 Å². The number of nitrogens with one attached hydrogen (secondary N) is 1. The number of amides is 1. The van der Waals surface area contributed by atoms with Crippen LogP contribution < -0.4 is 5.32 Å². The first kappa shape index (κ1) is 14.9. The van der Waals surface area contributed by atoms with Crippen molar-refractivity contribution in [2.75, 3.05) is 13.7 Å². The molecule has 1 fully saturated rings. The number of rotatable bonds is 5. The lowest BCUT2D eigenvalue weighted by Crippen LogP contribution is -2.48. The van der Waals surface area contributed by atoms with Crippen molar-refractivity contribution in [1.82, 2.24) is 10.3 Å². The maximum Gasteiger partial charge on any atom is 0.264 e. The van der Waals surface area contributed by atoms with Crippen molar-refractivity contribution in [3.8, 4) is 6.07 Å². The highest BCUT2D eigenvalue weighted by Gasteiger charge is 2.30. The van der Waals surface area contributed by atoms with Gasteiger partial charge in [0.2, 0.25) is 0 Å². The highest BCUT2D eigenvalue weighted by Crippen LogP contribution is 2.36. The zero-order chi connectivity index (χ0) is 14.6. The summed E-state index contributed by atoms with van der Waals surface area (Å²) in [4.78, 5) is 17.4. The number of nitrogens with zero attached hydrogens (tertiary/aromatic N) is 2. The molecule has 1 aromatic heterocycles. The van der Waals surface area contributed by atoms with Crippen LogP contribution >= 0.6 is 11.3 Å². The first-order chi connectivity index (χ1) is 9.59. The number of nitriles is 1. The molecule has 0 aliphatic heterocycles. The number of hydrogen-bond acceptors (Lipinski definition) is 5. The van der Waals surface area contributed by atoms with Gasteiger partial charge in [0.1, 0.15) is 10.4 Å². The second-order valence-corrected chi connectivity index (χ2v) is 6.23. The first-order valence-electron chi connectivity index (χ1n) is 6.76. The van der Waals surface area contributed by atoms with Crippen molar-refractivity contribution >= 4 is 17.2 Å². The number of carbonyl (C=O) groups excluding carboxylic acids is 1. The molecule has 2 rings (SSSR count). The van der Waals surface area contributed by atoms with E-state index in [1.807, 2.05) is 0 Å². The molecule has 1 heterocycles. The van der Waals surface area contributed by atoms with Crippen LogP contribution in [0.2, 0.25) is 0 Å². The normalized spacial score (nSPS) is 18.4. The van der Waals surface area contributed by atoms with Gasteiger partial charge in [0.15, 0.2) is 0 Å². The van der Waals surface area contributed by atoms with Gasteiger partial charge in [-0.05, 0) is 19.8 Å². The molecule has 0 spiro atoms. The van der Waals surface area contributed by atoms with Crippen LogP contribution in [0, 0.1) is 11.3 Å². The zero-order valence-electron chi connectivity index (χ0n) is 11.8. The molecule has 1 amide bonds. The quantitative estimate of drug-likeness (QED) is 0.905. The molecule has 0 bridgehead atoms. The fraction of sp³-hybridized carbons (Fsp3) is 0.643. The van der Waals surface area contributed by atoms with Crippen molar-refractivity contribution in [2.45, 2.75) is 44.1 Å². The summed E-state index contributed by atoms with van der Waals surface area (Å²) < 4.78 is 5.00. The Bertz CT molecular complexity index is 517. The van der Waals surface area contributed by atoms with E-state index in [4.69, 9.17) is 4.74 Å². The predicted molar refractivity (Wildman–Crippen MR) is 76.7 cm³/mol. The average Bonchev–Trinajstić information content (AvgIpc) is 3.09. The molecule has 0 aromatic carbocycles. The number of carbonyl (C=O) groups is 1. The van der Waals surface area contributed by atoms with E-state index in [1.54, 1.807) is 12.4 Å². The predicted octanol–water partition coefficient (Wildman–Crippen LogP) is 2.46. The Morgan fingerprint density at radius 3 is 2.95 bits per heavy atom. The molecule has 108 valence electrons. The number of methoxy groups -OCH3 is 1. The van der Waals surface area contributed by atoms with Crippen molar-refractivity contribution in [3.63, 3.8) is 0 Å². The van der Waals surface area contributed by atoms with E-state index < -0.39 is 5.54 Å². The van der Waals surface area contributed by atoms with Gasteiger partial charge in [0.25, 0.3) is 5.91 Å². The second-order valence-electron chi connectivity index (χ2n) is 5.38. The van der Waals surface area contributed by atoms with Crippen LogP contribution in [0.25, 0.3) is 0 Å². The molecular formula is C14H19N3O2S. The standard InChI is InChI=1S/C14H19N3O2S/c1-14(7-15,8-19-2)17-13(18)12-11(16-9-20-12)10-5-3-4-6-10/h9-10H,3-6,8H2,1-2H3,(H,17,18). The van der Waals surface area contributed by atoms with Gasteiger partial charge < -0.3 is 10.1 Å². The summed E-state index contributed by atoms with van der Waals surface area (Å²) in [6, 6.07) is 2.09. The maximum absolute atomic E-state index is 12.4. The van der Waals surface area contributed by atoms with Gasteiger partial charge >= 0.3 is 0 Å². The van der Waals surface area contributed by atoms with Gasteiger partial charge in [0, 0.05) is 13.0 Å². The van der Waals surface area contributed by atoms with Crippen LogP contribution in [-0.2, 0) is 4.74 Å². The third-order valence-electron chi connectivity index (χ3n) is 3.61. The Morgan fingerprint density at radius 1 is 1.65 bits per heavy atom. The summed E-state index contributed by atoms with van der Waals surface area (Å²) in [5.74, 6) is 0.160. The number of hydrogen-bond donors (Lipinski definition) is 1. The lowest BCUT2D eigenvalue weighted by atomic mass is 10.0. The molecule has 1 aliphatic carbocycles. The van der Waals surface area contributed by atoms with Gasteiger partial charge in [-0.15, -0.1) is 11.3 Å². The Labute approximate surface area is 123 Å². The minimum absolute atomic E-state index is 0.160. The minimum atomic E-state index is -1.01. The van der Waals surface area contributed by atoms with Gasteiger partial charge in [-0.1, -0.05) is 12.8 Å². The SMILES string of the molecule is COCC(C)(C#N)NC(=O)c1scnc1C1CCCC1. The van der Waals surface area contributed by atoms with Gasteiger partial charge in [-0.3, -0.25) is 4.79 Å². The van der Waals surface area contributed by atoms with E-state index in [1.165, 1.54) is 31.3 Å². The van der Waals surface area contributed by atoms with Gasteiger partial charge in [0.05, 0.1) is 23.9 Å². The molecule has 1 unspecified atom stereocenters. The van der Waals surface area contributed by atoms with Gasteiger partial charge in [-0.2, -0.15) is 5.26 Å². The van der Waals surface area contributed by atoms with E-state index in [2.05, 4.69) is 16.4 Å². The largest absolute Gasteiger partial charge is 0.381 e.